The lowest BCUT2D eigenvalue weighted by atomic mass is 9.99. The van der Waals surface area contributed by atoms with Gasteiger partial charge in [0.05, 0.1) is 31.0 Å². The minimum atomic E-state index is -0.337. The van der Waals surface area contributed by atoms with Crippen molar-refractivity contribution in [2.45, 2.75) is 76.2 Å². The minimum Gasteiger partial charge on any atom is -0.376 e. The molecule has 2 atom stereocenters. The summed E-state index contributed by atoms with van der Waals surface area (Å²) in [4.78, 5) is 0. The van der Waals surface area contributed by atoms with Gasteiger partial charge in [0.2, 0.25) is 0 Å². The van der Waals surface area contributed by atoms with Crippen molar-refractivity contribution in [2.75, 3.05) is 13.2 Å². The summed E-state index contributed by atoms with van der Waals surface area (Å²) in [5, 5.41) is 12.9. The Bertz CT molecular complexity index is 341. The van der Waals surface area contributed by atoms with E-state index in [1.165, 1.54) is 12.8 Å². The van der Waals surface area contributed by atoms with Crippen molar-refractivity contribution in [3.63, 3.8) is 0 Å². The Morgan fingerprint density at radius 1 is 1.26 bits per heavy atom. The first-order valence-electron chi connectivity index (χ1n) is 7.37. The van der Waals surface area contributed by atoms with Gasteiger partial charge in [-0.15, -0.1) is 0 Å². The zero-order valence-corrected chi connectivity index (χ0v) is 12.4. The Morgan fingerprint density at radius 3 is 2.58 bits per heavy atom. The van der Waals surface area contributed by atoms with Gasteiger partial charge < -0.3 is 9.47 Å². The molecule has 0 aromatic rings. The van der Waals surface area contributed by atoms with Gasteiger partial charge in [0.25, 0.3) is 0 Å². The number of nitrogens with one attached hydrogen (secondary N) is 1. The van der Waals surface area contributed by atoms with Crippen molar-refractivity contribution in [3.8, 4) is 6.07 Å². The third-order valence-electron chi connectivity index (χ3n) is 3.71. The number of rotatable bonds is 6. The van der Waals surface area contributed by atoms with E-state index in [1.54, 1.807) is 0 Å². The number of ether oxygens (including phenoxy) is 2. The highest BCUT2D eigenvalue weighted by molar-refractivity contribution is 5.14. The SMILES string of the molecule is CC(C)(C)OCCOC1CCC(C#N)(NC2CC2)C1. The Kier molecular flexibility index (Phi) is 4.50. The van der Waals surface area contributed by atoms with Crippen LogP contribution in [0.4, 0.5) is 0 Å². The first-order chi connectivity index (χ1) is 8.92. The van der Waals surface area contributed by atoms with Gasteiger partial charge in [-0.25, -0.2) is 0 Å². The topological polar surface area (TPSA) is 54.3 Å². The molecule has 19 heavy (non-hydrogen) atoms. The standard InChI is InChI=1S/C15H26N2O2/c1-14(2,3)19-9-8-18-13-6-7-15(10-13,11-16)17-12-4-5-12/h12-13,17H,4-10H2,1-3H3. The minimum absolute atomic E-state index is 0.108. The molecule has 0 heterocycles. The second-order valence-corrected chi connectivity index (χ2v) is 6.81. The van der Waals surface area contributed by atoms with Crippen LogP contribution in [0.15, 0.2) is 0 Å². The second-order valence-electron chi connectivity index (χ2n) is 6.81. The molecule has 0 aliphatic heterocycles. The fourth-order valence-corrected chi connectivity index (χ4v) is 2.59. The number of nitriles is 1. The molecule has 4 heteroatoms. The van der Waals surface area contributed by atoms with E-state index in [4.69, 9.17) is 9.47 Å². The Labute approximate surface area is 116 Å². The molecule has 4 nitrogen and oxygen atoms in total. The fourth-order valence-electron chi connectivity index (χ4n) is 2.59. The number of nitrogens with zero attached hydrogens (tertiary/aromatic N) is 1. The van der Waals surface area contributed by atoms with Gasteiger partial charge >= 0.3 is 0 Å². The molecule has 2 unspecified atom stereocenters. The van der Waals surface area contributed by atoms with E-state index < -0.39 is 0 Å². The highest BCUT2D eigenvalue weighted by Gasteiger charge is 2.43. The summed E-state index contributed by atoms with van der Waals surface area (Å²) in [5.41, 5.74) is -0.445. The molecule has 108 valence electrons. The summed E-state index contributed by atoms with van der Waals surface area (Å²) in [5.74, 6) is 0. The molecule has 1 N–H and O–H groups in total. The summed E-state index contributed by atoms with van der Waals surface area (Å²) < 4.78 is 11.5. The third-order valence-corrected chi connectivity index (χ3v) is 3.71. The third kappa shape index (κ3) is 4.76. The lowest BCUT2D eigenvalue weighted by Crippen LogP contribution is -2.43. The van der Waals surface area contributed by atoms with E-state index in [1.807, 2.05) is 20.8 Å². The predicted molar refractivity (Wildman–Crippen MR) is 73.8 cm³/mol. The van der Waals surface area contributed by atoms with E-state index in [-0.39, 0.29) is 17.2 Å². The van der Waals surface area contributed by atoms with E-state index >= 15 is 0 Å². The molecule has 0 aromatic carbocycles. The second kappa shape index (κ2) is 5.78. The molecule has 2 aliphatic carbocycles. The van der Waals surface area contributed by atoms with Crippen LogP contribution in [0, 0.1) is 11.3 Å². The van der Waals surface area contributed by atoms with E-state index in [2.05, 4.69) is 11.4 Å². The van der Waals surface area contributed by atoms with Crippen molar-refractivity contribution in [2.24, 2.45) is 0 Å². The Balaban J connectivity index is 1.68. The summed E-state index contributed by atoms with van der Waals surface area (Å²) >= 11 is 0. The van der Waals surface area contributed by atoms with Crippen LogP contribution in [-0.2, 0) is 9.47 Å². The molecule has 0 amide bonds. The van der Waals surface area contributed by atoms with Gasteiger partial charge in [0, 0.05) is 12.5 Å². The van der Waals surface area contributed by atoms with Crippen molar-refractivity contribution in [3.05, 3.63) is 0 Å². The normalized spacial score (nSPS) is 31.4. The van der Waals surface area contributed by atoms with Crippen LogP contribution in [0.25, 0.3) is 0 Å². The van der Waals surface area contributed by atoms with E-state index in [0.29, 0.717) is 19.3 Å². The molecule has 0 aromatic heterocycles. The smallest absolute Gasteiger partial charge is 0.109 e. The highest BCUT2D eigenvalue weighted by Crippen LogP contribution is 2.35. The van der Waals surface area contributed by atoms with Crippen LogP contribution >= 0.6 is 0 Å². The molecule has 2 rings (SSSR count). The molecule has 0 bridgehead atoms. The number of hydrogen-bond donors (Lipinski definition) is 1. The zero-order chi connectivity index (χ0) is 13.9. The fraction of sp³-hybridized carbons (Fsp3) is 0.933. The monoisotopic (exact) mass is 266 g/mol. The molecule has 0 saturated heterocycles. The van der Waals surface area contributed by atoms with Gasteiger partial charge in [-0.05, 0) is 46.5 Å². The maximum Gasteiger partial charge on any atom is 0.109 e. The number of hydrogen-bond acceptors (Lipinski definition) is 4. The Morgan fingerprint density at radius 2 is 2.00 bits per heavy atom. The average Bonchev–Trinajstić information content (AvgIpc) is 3.04. The maximum absolute atomic E-state index is 9.40. The average molecular weight is 266 g/mol. The molecular formula is C15H26N2O2. The molecule has 2 fully saturated rings. The zero-order valence-electron chi connectivity index (χ0n) is 12.4. The van der Waals surface area contributed by atoms with Crippen LogP contribution in [0.3, 0.4) is 0 Å². The van der Waals surface area contributed by atoms with Crippen LogP contribution < -0.4 is 5.32 Å². The van der Waals surface area contributed by atoms with Crippen molar-refractivity contribution in [1.82, 2.24) is 5.32 Å². The van der Waals surface area contributed by atoms with Crippen LogP contribution in [-0.4, -0.2) is 36.5 Å². The summed E-state index contributed by atoms with van der Waals surface area (Å²) in [6.07, 6.45) is 5.33. The largest absolute Gasteiger partial charge is 0.376 e. The van der Waals surface area contributed by atoms with Crippen LogP contribution in [0.1, 0.15) is 52.9 Å². The van der Waals surface area contributed by atoms with Crippen LogP contribution in [0.2, 0.25) is 0 Å². The van der Waals surface area contributed by atoms with Crippen LogP contribution in [0.5, 0.6) is 0 Å². The lowest BCUT2D eigenvalue weighted by molar-refractivity contribution is -0.0509. The van der Waals surface area contributed by atoms with Crippen molar-refractivity contribution < 1.29 is 9.47 Å². The van der Waals surface area contributed by atoms with Crippen molar-refractivity contribution in [1.29, 1.82) is 5.26 Å². The Hall–Kier alpha value is -0.630. The molecule has 0 spiro atoms. The molecule has 2 saturated carbocycles. The quantitative estimate of drug-likeness (QED) is 0.750. The van der Waals surface area contributed by atoms with Crippen molar-refractivity contribution >= 4 is 0 Å². The van der Waals surface area contributed by atoms with Gasteiger partial charge in [-0.2, -0.15) is 5.26 Å². The van der Waals surface area contributed by atoms with Gasteiger partial charge in [-0.3, -0.25) is 5.32 Å². The molecule has 0 radical (unpaired) electrons. The first-order valence-corrected chi connectivity index (χ1v) is 7.37. The molecular weight excluding hydrogens is 240 g/mol. The first kappa shape index (κ1) is 14.8. The summed E-state index contributed by atoms with van der Waals surface area (Å²) in [6, 6.07) is 3.04. The molecule has 2 aliphatic rings. The van der Waals surface area contributed by atoms with Gasteiger partial charge in [-0.1, -0.05) is 0 Å². The summed E-state index contributed by atoms with van der Waals surface area (Å²) in [7, 11) is 0. The lowest BCUT2D eigenvalue weighted by Gasteiger charge is -2.23. The van der Waals surface area contributed by atoms with E-state index in [0.717, 1.165) is 19.3 Å². The van der Waals surface area contributed by atoms with Gasteiger partial charge in [0.1, 0.15) is 5.54 Å². The maximum atomic E-state index is 9.40. The van der Waals surface area contributed by atoms with E-state index in [9.17, 15) is 5.26 Å². The van der Waals surface area contributed by atoms with Gasteiger partial charge in [0.15, 0.2) is 0 Å². The highest BCUT2D eigenvalue weighted by atomic mass is 16.5. The summed E-state index contributed by atoms with van der Waals surface area (Å²) in [6.45, 7) is 7.37. The predicted octanol–water partition coefficient (Wildman–Crippen LogP) is 2.38.